The van der Waals surface area contributed by atoms with Gasteiger partial charge in [-0.15, -0.1) is 10.2 Å². The van der Waals surface area contributed by atoms with Crippen molar-refractivity contribution in [3.8, 4) is 0 Å². The van der Waals surface area contributed by atoms with Crippen molar-refractivity contribution in [2.24, 2.45) is 17.6 Å². The second-order valence-electron chi connectivity index (χ2n) is 10.5. The standard InChI is InChI=1S/C27H34N6O5.CH4/c1-27(2,28)25(34)29-22(17-36-13-18-7-4-3-5-8-18)24-31-30-23-10-6-9-21(33(23)24)16-38-26(35)32-11-19-14-37-15-20(19)12-32;/h3-10,19-20,22H,11-17,28H2,1-2H3,(H,29,34);1H4/t19?,20?,22-;/m1./s1. The van der Waals surface area contributed by atoms with E-state index in [9.17, 15) is 9.59 Å². The first-order valence-corrected chi connectivity index (χ1v) is 12.8. The van der Waals surface area contributed by atoms with Gasteiger partial charge in [-0.3, -0.25) is 9.20 Å². The molecule has 3 atom stereocenters. The number of carbonyl (C=O) groups excluding carboxylic acids is 2. The summed E-state index contributed by atoms with van der Waals surface area (Å²) in [5, 5.41) is 11.6. The lowest BCUT2D eigenvalue weighted by Crippen LogP contribution is -2.51. The maximum atomic E-state index is 12.8. The number of likely N-dealkylation sites (tertiary alicyclic amines) is 1. The van der Waals surface area contributed by atoms with E-state index in [0.717, 1.165) is 5.56 Å². The molecule has 2 fully saturated rings. The third-order valence-electron chi connectivity index (χ3n) is 6.97. The number of carbonyl (C=O) groups is 2. The van der Waals surface area contributed by atoms with Crippen LogP contribution < -0.4 is 11.1 Å². The van der Waals surface area contributed by atoms with E-state index in [-0.39, 0.29) is 32.6 Å². The lowest BCUT2D eigenvalue weighted by Gasteiger charge is -2.24. The zero-order valence-electron chi connectivity index (χ0n) is 21.7. The summed E-state index contributed by atoms with van der Waals surface area (Å²) < 4.78 is 19.0. The van der Waals surface area contributed by atoms with E-state index in [2.05, 4.69) is 15.5 Å². The Morgan fingerprint density at radius 2 is 1.79 bits per heavy atom. The quantitative estimate of drug-likeness (QED) is 0.425. The van der Waals surface area contributed by atoms with E-state index in [0.29, 0.717) is 61.9 Å². The molecule has 2 amide bonds. The fourth-order valence-electron chi connectivity index (χ4n) is 4.83. The van der Waals surface area contributed by atoms with Crippen molar-refractivity contribution in [3.05, 3.63) is 65.6 Å². The number of aromatic nitrogens is 3. The Morgan fingerprint density at radius 3 is 2.49 bits per heavy atom. The molecule has 0 spiro atoms. The van der Waals surface area contributed by atoms with Gasteiger partial charge in [0, 0.05) is 24.9 Å². The van der Waals surface area contributed by atoms with Crippen molar-refractivity contribution in [3.63, 3.8) is 0 Å². The van der Waals surface area contributed by atoms with Crippen LogP contribution in [-0.4, -0.2) is 69.9 Å². The third kappa shape index (κ3) is 6.55. The molecule has 39 heavy (non-hydrogen) atoms. The average molecular weight is 539 g/mol. The maximum absolute atomic E-state index is 12.8. The summed E-state index contributed by atoms with van der Waals surface area (Å²) in [6.45, 7) is 6.48. The van der Waals surface area contributed by atoms with Crippen LogP contribution in [0.5, 0.6) is 0 Å². The van der Waals surface area contributed by atoms with Crippen molar-refractivity contribution in [2.75, 3.05) is 32.9 Å². The first-order valence-electron chi connectivity index (χ1n) is 12.8. The van der Waals surface area contributed by atoms with Gasteiger partial charge in [-0.05, 0) is 31.5 Å². The maximum Gasteiger partial charge on any atom is 0.410 e. The monoisotopic (exact) mass is 538 g/mol. The predicted octanol–water partition coefficient (Wildman–Crippen LogP) is 2.69. The van der Waals surface area contributed by atoms with E-state index >= 15 is 0 Å². The molecule has 2 aromatic heterocycles. The minimum absolute atomic E-state index is 0. The van der Waals surface area contributed by atoms with Crippen LogP contribution in [0.4, 0.5) is 4.79 Å². The van der Waals surface area contributed by atoms with E-state index in [1.807, 2.05) is 42.5 Å². The molecule has 2 saturated heterocycles. The van der Waals surface area contributed by atoms with Gasteiger partial charge < -0.3 is 30.2 Å². The van der Waals surface area contributed by atoms with Crippen LogP contribution in [-0.2, 0) is 32.2 Å². The van der Waals surface area contributed by atoms with Crippen molar-refractivity contribution >= 4 is 17.6 Å². The molecule has 0 aliphatic carbocycles. The number of hydrogen-bond donors (Lipinski definition) is 2. The molecule has 1 aromatic carbocycles. The molecule has 210 valence electrons. The van der Waals surface area contributed by atoms with Crippen LogP contribution in [0.1, 0.15) is 44.4 Å². The van der Waals surface area contributed by atoms with Crippen LogP contribution in [0.15, 0.2) is 48.5 Å². The largest absolute Gasteiger partial charge is 0.443 e. The van der Waals surface area contributed by atoms with E-state index in [4.69, 9.17) is 19.9 Å². The highest BCUT2D eigenvalue weighted by molar-refractivity contribution is 5.85. The summed E-state index contributed by atoms with van der Waals surface area (Å²) in [7, 11) is 0. The van der Waals surface area contributed by atoms with Crippen LogP contribution in [0.2, 0.25) is 0 Å². The predicted molar refractivity (Wildman–Crippen MR) is 145 cm³/mol. The molecule has 4 heterocycles. The van der Waals surface area contributed by atoms with Gasteiger partial charge in [-0.25, -0.2) is 4.79 Å². The Balaban J connectivity index is 0.00000353. The highest BCUT2D eigenvalue weighted by Crippen LogP contribution is 2.29. The van der Waals surface area contributed by atoms with Gasteiger partial charge in [0.2, 0.25) is 5.91 Å². The number of amides is 2. The SMILES string of the molecule is C.CC(C)(N)C(=O)N[C@H](COCc1ccccc1)c1nnc2cccc(COC(=O)N3CC4COCC4C3)n12. The lowest BCUT2D eigenvalue weighted by atomic mass is 10.0. The van der Waals surface area contributed by atoms with Crippen LogP contribution >= 0.6 is 0 Å². The number of pyridine rings is 1. The summed E-state index contributed by atoms with van der Waals surface area (Å²) in [5.74, 6) is 0.866. The summed E-state index contributed by atoms with van der Waals surface area (Å²) in [6.07, 6.45) is -0.355. The second-order valence-corrected chi connectivity index (χ2v) is 10.5. The molecule has 2 aliphatic rings. The number of rotatable bonds is 9. The molecule has 5 rings (SSSR count). The molecular weight excluding hydrogens is 500 g/mol. The van der Waals surface area contributed by atoms with Crippen molar-refractivity contribution < 1.29 is 23.8 Å². The van der Waals surface area contributed by atoms with Gasteiger partial charge in [0.25, 0.3) is 0 Å². The first kappa shape index (κ1) is 28.5. The topological polar surface area (TPSA) is 133 Å². The number of hydrogen-bond acceptors (Lipinski definition) is 8. The van der Waals surface area contributed by atoms with Gasteiger partial charge in [0.1, 0.15) is 12.6 Å². The van der Waals surface area contributed by atoms with Gasteiger partial charge in [0.15, 0.2) is 11.5 Å². The highest BCUT2D eigenvalue weighted by Gasteiger charge is 2.39. The second kappa shape index (κ2) is 12.1. The van der Waals surface area contributed by atoms with Crippen molar-refractivity contribution in [1.29, 1.82) is 0 Å². The van der Waals surface area contributed by atoms with E-state index < -0.39 is 11.6 Å². The Morgan fingerprint density at radius 1 is 1.08 bits per heavy atom. The van der Waals surface area contributed by atoms with Crippen molar-refractivity contribution in [2.45, 2.75) is 46.1 Å². The van der Waals surface area contributed by atoms with E-state index in [1.54, 1.807) is 29.2 Å². The van der Waals surface area contributed by atoms with Crippen LogP contribution in [0.25, 0.3) is 5.65 Å². The molecule has 2 aliphatic heterocycles. The number of nitrogens with one attached hydrogen (secondary N) is 1. The molecule has 3 N–H and O–H groups in total. The number of nitrogens with two attached hydrogens (primary N) is 1. The summed E-state index contributed by atoms with van der Waals surface area (Å²) in [4.78, 5) is 27.4. The molecule has 0 bridgehead atoms. The Labute approximate surface area is 228 Å². The zero-order chi connectivity index (χ0) is 26.7. The summed E-state index contributed by atoms with van der Waals surface area (Å²) in [5.41, 5.74) is 7.20. The summed E-state index contributed by atoms with van der Waals surface area (Å²) >= 11 is 0. The van der Waals surface area contributed by atoms with Gasteiger partial charge in [-0.2, -0.15) is 0 Å². The molecule has 11 nitrogen and oxygen atoms in total. The number of nitrogens with zero attached hydrogens (tertiary/aromatic N) is 4. The lowest BCUT2D eigenvalue weighted by molar-refractivity contribution is -0.126. The fraction of sp³-hybridized carbons (Fsp3) is 0.500. The first-order chi connectivity index (χ1) is 18.3. The minimum atomic E-state index is -1.10. The molecule has 3 aromatic rings. The fourth-order valence-corrected chi connectivity index (χ4v) is 4.83. The average Bonchev–Trinajstić information content (AvgIpc) is 3.62. The summed E-state index contributed by atoms with van der Waals surface area (Å²) in [6, 6.07) is 14.6. The third-order valence-corrected chi connectivity index (χ3v) is 6.97. The molecule has 11 heteroatoms. The number of fused-ring (bicyclic) bond motifs is 2. The van der Waals surface area contributed by atoms with Crippen LogP contribution in [0.3, 0.4) is 0 Å². The Kier molecular flexibility index (Phi) is 8.83. The van der Waals surface area contributed by atoms with Gasteiger partial charge in [0.05, 0.1) is 37.7 Å². The molecule has 2 unspecified atom stereocenters. The Hall–Kier alpha value is -3.54. The normalized spacial score (nSPS) is 19.4. The van der Waals surface area contributed by atoms with Gasteiger partial charge in [-0.1, -0.05) is 43.8 Å². The molecule has 0 radical (unpaired) electrons. The Bertz CT molecular complexity index is 1260. The number of benzene rings is 1. The minimum Gasteiger partial charge on any atom is -0.443 e. The number of ether oxygens (including phenoxy) is 3. The van der Waals surface area contributed by atoms with E-state index in [1.165, 1.54) is 0 Å². The van der Waals surface area contributed by atoms with Crippen LogP contribution in [0, 0.1) is 11.8 Å². The smallest absolute Gasteiger partial charge is 0.410 e. The van der Waals surface area contributed by atoms with Gasteiger partial charge >= 0.3 is 6.09 Å². The highest BCUT2D eigenvalue weighted by atomic mass is 16.6. The van der Waals surface area contributed by atoms with Crippen molar-refractivity contribution in [1.82, 2.24) is 24.8 Å². The molecule has 0 saturated carbocycles. The molecular formula is C28H38N6O5. The zero-order valence-corrected chi connectivity index (χ0v) is 21.7.